The molecule has 1 aromatic heterocycles. The van der Waals surface area contributed by atoms with Crippen LogP contribution in [0.2, 0.25) is 0 Å². The Balaban J connectivity index is 1.35. The number of H-pyrrole nitrogens is 1. The maximum atomic E-state index is 12.5. The lowest BCUT2D eigenvalue weighted by Crippen LogP contribution is -2.44. The van der Waals surface area contributed by atoms with Crippen molar-refractivity contribution in [1.29, 1.82) is 0 Å². The second-order valence-corrected chi connectivity index (χ2v) is 6.74. The van der Waals surface area contributed by atoms with E-state index in [1.165, 1.54) is 4.90 Å². The zero-order valence-electron chi connectivity index (χ0n) is 15.9. The number of carbonyl (C=O) groups is 3. The Kier molecular flexibility index (Phi) is 5.25. The first-order chi connectivity index (χ1) is 14.5. The third-order valence-corrected chi connectivity index (χ3v) is 4.66. The molecule has 2 N–H and O–H groups in total. The number of nitrogens with zero attached hydrogens (tertiary/aromatic N) is 2. The van der Waals surface area contributed by atoms with Crippen LogP contribution in [0.25, 0.3) is 10.9 Å². The van der Waals surface area contributed by atoms with Crippen LogP contribution in [-0.4, -0.2) is 40.9 Å². The Morgan fingerprint density at radius 1 is 1.07 bits per heavy atom. The Labute approximate surface area is 170 Å². The van der Waals surface area contributed by atoms with Gasteiger partial charge in [-0.1, -0.05) is 24.3 Å². The highest BCUT2D eigenvalue weighted by Crippen LogP contribution is 2.28. The Morgan fingerprint density at radius 2 is 1.83 bits per heavy atom. The number of aromatic nitrogens is 2. The van der Waals surface area contributed by atoms with Gasteiger partial charge in [-0.25, -0.2) is 4.98 Å². The molecule has 9 heteroatoms. The van der Waals surface area contributed by atoms with E-state index >= 15 is 0 Å². The van der Waals surface area contributed by atoms with E-state index in [0.29, 0.717) is 28.1 Å². The van der Waals surface area contributed by atoms with Crippen molar-refractivity contribution in [1.82, 2.24) is 9.97 Å². The number of fused-ring (bicyclic) bond motifs is 2. The highest BCUT2D eigenvalue weighted by molar-refractivity contribution is 6.10. The van der Waals surface area contributed by atoms with Crippen molar-refractivity contribution in [2.75, 3.05) is 23.4 Å². The first-order valence-electron chi connectivity index (χ1n) is 9.34. The third kappa shape index (κ3) is 4.04. The second kappa shape index (κ2) is 8.16. The van der Waals surface area contributed by atoms with E-state index in [4.69, 9.17) is 4.74 Å². The minimum Gasteiger partial charge on any atom is -0.456 e. The van der Waals surface area contributed by atoms with E-state index < -0.39 is 18.5 Å². The molecule has 0 radical (unpaired) electrons. The number of aryl methyl sites for hydroxylation is 1. The van der Waals surface area contributed by atoms with Crippen molar-refractivity contribution in [3.05, 3.63) is 64.7 Å². The van der Waals surface area contributed by atoms with Gasteiger partial charge in [0.05, 0.1) is 28.7 Å². The molecule has 1 aliphatic heterocycles. The van der Waals surface area contributed by atoms with E-state index in [0.717, 1.165) is 0 Å². The predicted molar refractivity (Wildman–Crippen MR) is 109 cm³/mol. The van der Waals surface area contributed by atoms with Crippen LogP contribution in [0.15, 0.2) is 53.3 Å². The summed E-state index contributed by atoms with van der Waals surface area (Å²) in [5.74, 6) is -1.06. The van der Waals surface area contributed by atoms with Gasteiger partial charge >= 0.3 is 5.97 Å². The van der Waals surface area contributed by atoms with Crippen LogP contribution in [0.5, 0.6) is 0 Å². The van der Waals surface area contributed by atoms with Crippen molar-refractivity contribution in [3.63, 3.8) is 0 Å². The smallest absolute Gasteiger partial charge is 0.306 e. The summed E-state index contributed by atoms with van der Waals surface area (Å²) in [6.45, 7) is -0.627. The first-order valence-corrected chi connectivity index (χ1v) is 9.34. The van der Waals surface area contributed by atoms with Gasteiger partial charge in [-0.2, -0.15) is 0 Å². The highest BCUT2D eigenvalue weighted by atomic mass is 16.5. The third-order valence-electron chi connectivity index (χ3n) is 4.66. The molecule has 0 saturated carbocycles. The number of hydrogen-bond acceptors (Lipinski definition) is 6. The van der Waals surface area contributed by atoms with E-state index in [2.05, 4.69) is 15.3 Å². The molecule has 152 valence electrons. The summed E-state index contributed by atoms with van der Waals surface area (Å²) in [7, 11) is 0. The zero-order chi connectivity index (χ0) is 21.1. The molecule has 3 aromatic rings. The summed E-state index contributed by atoms with van der Waals surface area (Å²) in [5.41, 5.74) is 1.35. The van der Waals surface area contributed by atoms with Gasteiger partial charge < -0.3 is 15.0 Å². The molecule has 0 bridgehead atoms. The molecule has 30 heavy (non-hydrogen) atoms. The van der Waals surface area contributed by atoms with Crippen LogP contribution in [0.1, 0.15) is 12.2 Å². The number of benzene rings is 2. The van der Waals surface area contributed by atoms with E-state index in [1.807, 2.05) is 0 Å². The average Bonchev–Trinajstić information content (AvgIpc) is 2.75. The van der Waals surface area contributed by atoms with Crippen molar-refractivity contribution >= 4 is 40.1 Å². The highest BCUT2D eigenvalue weighted by Gasteiger charge is 2.27. The van der Waals surface area contributed by atoms with Gasteiger partial charge in [-0.3, -0.25) is 24.1 Å². The largest absolute Gasteiger partial charge is 0.456 e. The summed E-state index contributed by atoms with van der Waals surface area (Å²) >= 11 is 0. The summed E-state index contributed by atoms with van der Waals surface area (Å²) in [4.78, 5) is 56.7. The molecule has 0 spiro atoms. The maximum absolute atomic E-state index is 12.5. The number of amides is 2. The van der Waals surface area contributed by atoms with Gasteiger partial charge in [0.15, 0.2) is 6.61 Å². The molecule has 2 aromatic carbocycles. The lowest BCUT2D eigenvalue weighted by molar-refractivity contribution is -0.147. The van der Waals surface area contributed by atoms with Gasteiger partial charge in [0.1, 0.15) is 12.4 Å². The van der Waals surface area contributed by atoms with E-state index in [9.17, 15) is 19.2 Å². The number of rotatable bonds is 5. The topological polar surface area (TPSA) is 121 Å². The molecule has 0 atom stereocenters. The fraction of sp³-hybridized carbons (Fsp3) is 0.190. The van der Waals surface area contributed by atoms with E-state index in [-0.39, 0.29) is 30.9 Å². The van der Waals surface area contributed by atoms with Crippen LogP contribution >= 0.6 is 0 Å². The fourth-order valence-electron chi connectivity index (χ4n) is 3.22. The number of esters is 1. The molecule has 4 rings (SSSR count). The van der Waals surface area contributed by atoms with Crippen molar-refractivity contribution in [3.8, 4) is 0 Å². The molecular weight excluding hydrogens is 388 g/mol. The number of carbonyl (C=O) groups excluding carboxylic acids is 3. The van der Waals surface area contributed by atoms with Gasteiger partial charge in [0, 0.05) is 6.42 Å². The molecule has 0 aliphatic carbocycles. The minimum atomic E-state index is -0.603. The number of aromatic amines is 1. The van der Waals surface area contributed by atoms with Crippen molar-refractivity contribution in [2.24, 2.45) is 0 Å². The van der Waals surface area contributed by atoms with Crippen molar-refractivity contribution in [2.45, 2.75) is 12.8 Å². The Hall–Kier alpha value is -4.01. The molecule has 0 unspecified atom stereocenters. The van der Waals surface area contributed by atoms with Gasteiger partial charge in [0.25, 0.3) is 11.5 Å². The van der Waals surface area contributed by atoms with Crippen LogP contribution in [-0.2, 0) is 25.5 Å². The Morgan fingerprint density at radius 3 is 2.70 bits per heavy atom. The lowest BCUT2D eigenvalue weighted by Gasteiger charge is -2.28. The molecule has 2 amide bonds. The van der Waals surface area contributed by atoms with Gasteiger partial charge in [-0.15, -0.1) is 0 Å². The average molecular weight is 406 g/mol. The number of hydrogen-bond donors (Lipinski definition) is 2. The predicted octanol–water partition coefficient (Wildman–Crippen LogP) is 1.38. The lowest BCUT2D eigenvalue weighted by atomic mass is 10.2. The molecule has 0 saturated heterocycles. The monoisotopic (exact) mass is 406 g/mol. The molecular formula is C21H18N4O5. The second-order valence-electron chi connectivity index (χ2n) is 6.74. The number of ether oxygens (including phenoxy) is 1. The van der Waals surface area contributed by atoms with Crippen LogP contribution in [0.3, 0.4) is 0 Å². The van der Waals surface area contributed by atoms with Gasteiger partial charge in [0.2, 0.25) is 5.91 Å². The molecule has 2 heterocycles. The standard InChI is InChI=1S/C21H18N4O5/c26-18-11-25(16-8-4-3-7-15(16)23-18)19(27)12-30-20(28)10-9-17-22-14-6-2-1-5-13(14)21(29)24-17/h1-8H,9-12H2,(H,23,26)(H,22,24,29). The number of para-hydroxylation sites is 3. The van der Waals surface area contributed by atoms with Crippen LogP contribution in [0, 0.1) is 0 Å². The number of nitrogens with one attached hydrogen (secondary N) is 2. The van der Waals surface area contributed by atoms with Gasteiger partial charge in [-0.05, 0) is 24.3 Å². The maximum Gasteiger partial charge on any atom is 0.306 e. The van der Waals surface area contributed by atoms with Crippen LogP contribution in [0.4, 0.5) is 11.4 Å². The summed E-state index contributed by atoms with van der Waals surface area (Å²) < 4.78 is 5.07. The van der Waals surface area contributed by atoms with Crippen molar-refractivity contribution < 1.29 is 19.1 Å². The number of anilines is 2. The summed E-state index contributed by atoms with van der Waals surface area (Å²) in [6, 6.07) is 13.8. The fourth-order valence-corrected chi connectivity index (χ4v) is 3.22. The summed E-state index contributed by atoms with van der Waals surface area (Å²) in [6.07, 6.45) is 0.119. The SMILES string of the molecule is O=C1CN(C(=O)COC(=O)CCc2nc3ccccc3c(=O)[nH]2)c2ccccc2N1. The molecule has 9 nitrogen and oxygen atoms in total. The normalized spacial score (nSPS) is 12.9. The zero-order valence-corrected chi connectivity index (χ0v) is 15.9. The van der Waals surface area contributed by atoms with E-state index in [1.54, 1.807) is 48.5 Å². The Bertz CT molecular complexity index is 1200. The quantitative estimate of drug-likeness (QED) is 0.618. The van der Waals surface area contributed by atoms with Crippen LogP contribution < -0.4 is 15.8 Å². The summed E-state index contributed by atoms with van der Waals surface area (Å²) in [5, 5.41) is 3.16. The first kappa shape index (κ1) is 19.3. The molecule has 1 aliphatic rings. The molecule has 0 fully saturated rings. The minimum absolute atomic E-state index is 0.0500.